The number of hydrogen-bond acceptors (Lipinski definition) is 4. The van der Waals surface area contributed by atoms with E-state index in [1.54, 1.807) is 6.07 Å². The Balaban J connectivity index is 2.09. The highest BCUT2D eigenvalue weighted by molar-refractivity contribution is 7.12. The molecule has 0 saturated carbocycles. The third-order valence-corrected chi connectivity index (χ3v) is 3.43. The van der Waals surface area contributed by atoms with Crippen LogP contribution in [-0.4, -0.2) is 11.1 Å². The molecule has 1 heterocycles. The highest BCUT2D eigenvalue weighted by Gasteiger charge is 2.10. The van der Waals surface area contributed by atoms with Crippen molar-refractivity contribution in [3.8, 4) is 6.07 Å². The van der Waals surface area contributed by atoms with Gasteiger partial charge in [0, 0.05) is 17.1 Å². The van der Waals surface area contributed by atoms with Gasteiger partial charge in [-0.25, -0.2) is 9.18 Å². The molecule has 0 aliphatic rings. The number of nitriles is 1. The maximum absolute atomic E-state index is 13.2. The van der Waals surface area contributed by atoms with E-state index < -0.39 is 11.8 Å². The predicted molar refractivity (Wildman–Crippen MR) is 69.7 cm³/mol. The van der Waals surface area contributed by atoms with Gasteiger partial charge in [0.05, 0.1) is 5.56 Å². The minimum absolute atomic E-state index is 0.367. The van der Waals surface area contributed by atoms with Crippen molar-refractivity contribution in [3.05, 3.63) is 51.5 Å². The van der Waals surface area contributed by atoms with Gasteiger partial charge in [0.2, 0.25) is 0 Å². The second-order valence-electron chi connectivity index (χ2n) is 3.73. The van der Waals surface area contributed by atoms with Crippen molar-refractivity contribution >= 4 is 23.0 Å². The van der Waals surface area contributed by atoms with Crippen molar-refractivity contribution in [2.45, 2.75) is 6.54 Å². The van der Waals surface area contributed by atoms with Crippen molar-refractivity contribution in [3.63, 3.8) is 0 Å². The summed E-state index contributed by atoms with van der Waals surface area (Å²) in [5, 5.41) is 20.5. The van der Waals surface area contributed by atoms with Crippen LogP contribution >= 0.6 is 11.3 Å². The molecule has 0 atom stereocenters. The molecule has 0 saturated heterocycles. The van der Waals surface area contributed by atoms with Crippen molar-refractivity contribution < 1.29 is 14.3 Å². The monoisotopic (exact) mass is 276 g/mol. The summed E-state index contributed by atoms with van der Waals surface area (Å²) in [6.45, 7) is 0.455. The number of carboxylic acid groups (broad SMARTS) is 1. The first-order valence-corrected chi connectivity index (χ1v) is 6.17. The van der Waals surface area contributed by atoms with Crippen LogP contribution in [0.2, 0.25) is 0 Å². The maximum atomic E-state index is 13.2. The van der Waals surface area contributed by atoms with E-state index in [1.165, 1.54) is 23.5 Å². The van der Waals surface area contributed by atoms with Crippen molar-refractivity contribution in [1.29, 1.82) is 5.26 Å². The lowest BCUT2D eigenvalue weighted by molar-refractivity contribution is 0.0692. The van der Waals surface area contributed by atoms with Gasteiger partial charge in [-0.1, -0.05) is 0 Å². The summed E-state index contributed by atoms with van der Waals surface area (Å²) in [6.07, 6.45) is 0. The number of anilines is 1. The summed E-state index contributed by atoms with van der Waals surface area (Å²) < 4.78 is 13.2. The molecular formula is C13H9FN2O2S. The van der Waals surface area contributed by atoms with E-state index in [9.17, 15) is 9.18 Å². The molecule has 0 unspecified atom stereocenters. The molecule has 1 aromatic heterocycles. The van der Waals surface area contributed by atoms with E-state index in [-0.39, 0.29) is 5.56 Å². The molecule has 0 radical (unpaired) electrons. The van der Waals surface area contributed by atoms with E-state index in [1.807, 2.05) is 12.1 Å². The zero-order valence-electron chi connectivity index (χ0n) is 9.68. The predicted octanol–water partition coefficient (Wildman–Crippen LogP) is 3.07. The van der Waals surface area contributed by atoms with Crippen LogP contribution in [-0.2, 0) is 6.54 Å². The molecule has 0 amide bonds. The molecule has 2 rings (SSSR count). The van der Waals surface area contributed by atoms with Gasteiger partial charge in [-0.2, -0.15) is 5.26 Å². The minimum atomic E-state index is -1.30. The molecule has 2 aromatic rings. The molecule has 0 aliphatic heterocycles. The first-order chi connectivity index (χ1) is 9.10. The largest absolute Gasteiger partial charge is 0.478 e. The molecule has 6 heteroatoms. The van der Waals surface area contributed by atoms with Crippen LogP contribution in [0, 0.1) is 17.1 Å². The van der Waals surface area contributed by atoms with Gasteiger partial charge in [-0.15, -0.1) is 11.3 Å². The number of benzene rings is 1. The van der Waals surface area contributed by atoms with Gasteiger partial charge in [-0.05, 0) is 30.3 Å². The Morgan fingerprint density at radius 2 is 2.21 bits per heavy atom. The Morgan fingerprint density at radius 1 is 1.42 bits per heavy atom. The van der Waals surface area contributed by atoms with E-state index in [0.717, 1.165) is 10.9 Å². The van der Waals surface area contributed by atoms with Crippen LogP contribution in [0.25, 0.3) is 0 Å². The second-order valence-corrected chi connectivity index (χ2v) is 4.90. The zero-order valence-corrected chi connectivity index (χ0v) is 10.5. The summed E-state index contributed by atoms with van der Waals surface area (Å²) in [5.41, 5.74) is 0.152. The van der Waals surface area contributed by atoms with Crippen molar-refractivity contribution in [1.82, 2.24) is 0 Å². The van der Waals surface area contributed by atoms with Crippen molar-refractivity contribution in [2.75, 3.05) is 5.32 Å². The number of nitrogens with zero attached hydrogens (tertiary/aromatic N) is 1. The van der Waals surface area contributed by atoms with Gasteiger partial charge in [0.25, 0.3) is 0 Å². The van der Waals surface area contributed by atoms with Crippen LogP contribution in [0.4, 0.5) is 10.1 Å². The highest BCUT2D eigenvalue weighted by atomic mass is 32.1. The molecule has 0 fully saturated rings. The number of hydrogen-bond donors (Lipinski definition) is 2. The quantitative estimate of drug-likeness (QED) is 0.900. The fourth-order valence-electron chi connectivity index (χ4n) is 1.52. The lowest BCUT2D eigenvalue weighted by atomic mass is 10.2. The Hall–Kier alpha value is -2.39. The lowest BCUT2D eigenvalue weighted by Crippen LogP contribution is -2.03. The van der Waals surface area contributed by atoms with Gasteiger partial charge in [0.15, 0.2) is 0 Å². The summed E-state index contributed by atoms with van der Waals surface area (Å²) in [7, 11) is 0. The summed E-state index contributed by atoms with van der Waals surface area (Å²) >= 11 is 1.35. The van der Waals surface area contributed by atoms with Crippen LogP contribution in [0.15, 0.2) is 30.3 Å². The second kappa shape index (κ2) is 5.50. The van der Waals surface area contributed by atoms with Gasteiger partial charge in [-0.3, -0.25) is 0 Å². The molecule has 0 spiro atoms. The fourth-order valence-corrected chi connectivity index (χ4v) is 2.27. The number of carbonyl (C=O) groups is 1. The highest BCUT2D eigenvalue weighted by Crippen LogP contribution is 2.19. The molecule has 1 aromatic carbocycles. The van der Waals surface area contributed by atoms with E-state index >= 15 is 0 Å². The van der Waals surface area contributed by atoms with E-state index in [0.29, 0.717) is 17.1 Å². The van der Waals surface area contributed by atoms with Gasteiger partial charge >= 0.3 is 5.97 Å². The SMILES string of the molecule is N#Cc1ccc(CNc2ccc(F)c(C(=O)O)c2)s1. The summed E-state index contributed by atoms with van der Waals surface area (Å²) in [4.78, 5) is 12.3. The Labute approximate surface area is 112 Å². The van der Waals surface area contributed by atoms with Crippen LogP contribution in [0.1, 0.15) is 20.1 Å². The number of rotatable bonds is 4. The normalized spacial score (nSPS) is 9.89. The average Bonchev–Trinajstić information content (AvgIpc) is 2.85. The minimum Gasteiger partial charge on any atom is -0.478 e. The molecule has 0 aliphatic carbocycles. The van der Waals surface area contributed by atoms with Gasteiger partial charge in [0.1, 0.15) is 16.8 Å². The van der Waals surface area contributed by atoms with Crippen LogP contribution < -0.4 is 5.32 Å². The molecule has 2 N–H and O–H groups in total. The first-order valence-electron chi connectivity index (χ1n) is 5.35. The standard InChI is InChI=1S/C13H9FN2O2S/c14-12-4-1-8(5-11(12)13(17)18)16-7-10-3-2-9(6-15)19-10/h1-5,16H,7H2,(H,17,18). The number of nitrogens with one attached hydrogen (secondary N) is 1. The third-order valence-electron chi connectivity index (χ3n) is 2.44. The summed E-state index contributed by atoms with van der Waals surface area (Å²) in [5.74, 6) is -2.06. The molecule has 4 nitrogen and oxygen atoms in total. The Morgan fingerprint density at radius 3 is 2.84 bits per heavy atom. The molecule has 0 bridgehead atoms. The Kier molecular flexibility index (Phi) is 3.78. The maximum Gasteiger partial charge on any atom is 0.338 e. The van der Waals surface area contributed by atoms with Gasteiger partial charge < -0.3 is 10.4 Å². The van der Waals surface area contributed by atoms with Crippen LogP contribution in [0.5, 0.6) is 0 Å². The third kappa shape index (κ3) is 3.09. The number of thiophene rings is 1. The van der Waals surface area contributed by atoms with E-state index in [4.69, 9.17) is 10.4 Å². The number of aromatic carboxylic acids is 1. The average molecular weight is 276 g/mol. The Bertz CT molecular complexity index is 661. The first kappa shape index (κ1) is 13.1. The lowest BCUT2D eigenvalue weighted by Gasteiger charge is -2.06. The zero-order chi connectivity index (χ0) is 13.8. The smallest absolute Gasteiger partial charge is 0.338 e. The number of carboxylic acids is 1. The van der Waals surface area contributed by atoms with E-state index in [2.05, 4.69) is 5.32 Å². The van der Waals surface area contributed by atoms with Crippen molar-refractivity contribution in [2.24, 2.45) is 0 Å². The molecule has 19 heavy (non-hydrogen) atoms. The molecular weight excluding hydrogens is 267 g/mol. The topological polar surface area (TPSA) is 73.1 Å². The molecule has 96 valence electrons. The van der Waals surface area contributed by atoms with Crippen LogP contribution in [0.3, 0.4) is 0 Å². The fraction of sp³-hybridized carbons (Fsp3) is 0.0769. The summed E-state index contributed by atoms with van der Waals surface area (Å²) in [6, 6.07) is 9.41. The number of halogens is 1.